The highest BCUT2D eigenvalue weighted by Crippen LogP contribution is 2.32. The Bertz CT molecular complexity index is 512. The van der Waals surface area contributed by atoms with E-state index in [0.717, 1.165) is 21.4 Å². The highest BCUT2D eigenvalue weighted by Gasteiger charge is 2.07. The summed E-state index contributed by atoms with van der Waals surface area (Å²) in [6.07, 6.45) is 0. The van der Waals surface area contributed by atoms with Gasteiger partial charge in [0.25, 0.3) is 0 Å². The average molecular weight is 302 g/mol. The Hall–Kier alpha value is -0.800. The number of rotatable bonds is 0. The number of benzene rings is 1. The van der Waals surface area contributed by atoms with E-state index >= 15 is 0 Å². The first-order chi connectivity index (χ1) is 7.59. The molecule has 1 heterocycles. The molecule has 0 atom stereocenters. The van der Waals surface area contributed by atoms with Crippen molar-refractivity contribution in [3.63, 3.8) is 0 Å². The second kappa shape index (κ2) is 5.51. The average Bonchev–Trinajstić information content (AvgIpc) is 2.26. The van der Waals surface area contributed by atoms with Crippen molar-refractivity contribution in [3.8, 4) is 0 Å². The molecular weight excluding hydrogens is 288 g/mol. The first-order valence-corrected chi connectivity index (χ1v) is 6.27. The van der Waals surface area contributed by atoms with E-state index in [1.165, 1.54) is 0 Å². The summed E-state index contributed by atoms with van der Waals surface area (Å²) in [5.74, 6) is 0.490. The second-order valence-corrected chi connectivity index (χ2v) is 4.26. The van der Waals surface area contributed by atoms with Crippen LogP contribution in [0.5, 0.6) is 0 Å². The number of pyridine rings is 1. The molecule has 0 saturated carbocycles. The van der Waals surface area contributed by atoms with E-state index in [1.807, 2.05) is 39.0 Å². The van der Waals surface area contributed by atoms with Gasteiger partial charge in [-0.3, -0.25) is 0 Å². The fraction of sp³-hybridized carbons (Fsp3) is 0.250. The first-order valence-electron chi connectivity index (χ1n) is 5.10. The van der Waals surface area contributed by atoms with Gasteiger partial charge in [0, 0.05) is 5.39 Å². The van der Waals surface area contributed by atoms with Gasteiger partial charge in [-0.2, -0.15) is 0 Å². The Morgan fingerprint density at radius 2 is 1.94 bits per heavy atom. The molecule has 0 radical (unpaired) electrons. The lowest BCUT2D eigenvalue weighted by Crippen LogP contribution is -1.92. The molecule has 0 amide bonds. The number of hydrogen-bond acceptors (Lipinski definition) is 2. The number of aromatic nitrogens is 1. The molecule has 1 aromatic carbocycles. The minimum Gasteiger partial charge on any atom is -0.384 e. The lowest BCUT2D eigenvalue weighted by Gasteiger charge is -2.06. The van der Waals surface area contributed by atoms with Crippen molar-refractivity contribution >= 4 is 44.1 Å². The molecule has 2 N–H and O–H groups in total. The van der Waals surface area contributed by atoms with E-state index in [0.29, 0.717) is 10.4 Å². The fourth-order valence-electron chi connectivity index (χ4n) is 1.39. The van der Waals surface area contributed by atoms with Crippen LogP contribution in [0.15, 0.2) is 22.8 Å². The Morgan fingerprint density at radius 1 is 1.31 bits per heavy atom. The Kier molecular flexibility index (Phi) is 4.56. The van der Waals surface area contributed by atoms with Gasteiger partial charge in [-0.1, -0.05) is 37.6 Å². The summed E-state index contributed by atoms with van der Waals surface area (Å²) in [4.78, 5) is 4.11. The third-order valence-corrected chi connectivity index (χ3v) is 3.17. The zero-order valence-electron chi connectivity index (χ0n) is 9.51. The van der Waals surface area contributed by atoms with Crippen molar-refractivity contribution in [2.75, 3.05) is 5.73 Å². The maximum atomic E-state index is 6.17. The monoisotopic (exact) mass is 300 g/mol. The number of anilines is 1. The first kappa shape index (κ1) is 13.3. The van der Waals surface area contributed by atoms with Crippen LogP contribution in [0.3, 0.4) is 0 Å². The fourth-order valence-corrected chi connectivity index (χ4v) is 2.39. The molecule has 0 fully saturated rings. The molecule has 0 unspecified atom stereocenters. The molecule has 0 saturated heterocycles. The molecule has 0 aliphatic rings. The summed E-state index contributed by atoms with van der Waals surface area (Å²) in [7, 11) is 0. The summed E-state index contributed by atoms with van der Waals surface area (Å²) >= 11 is 9.53. The number of halogens is 2. The van der Waals surface area contributed by atoms with Crippen molar-refractivity contribution < 1.29 is 0 Å². The topological polar surface area (TPSA) is 38.9 Å². The van der Waals surface area contributed by atoms with Crippen LogP contribution in [-0.4, -0.2) is 4.98 Å². The molecule has 2 nitrogen and oxygen atoms in total. The summed E-state index contributed by atoms with van der Waals surface area (Å²) in [5.41, 5.74) is 6.66. The highest BCUT2D eigenvalue weighted by molar-refractivity contribution is 9.10. The molecule has 2 aromatic rings. The number of nitrogens with two attached hydrogens (primary N) is 1. The van der Waals surface area contributed by atoms with Crippen LogP contribution in [0, 0.1) is 6.92 Å². The van der Waals surface area contributed by atoms with Crippen LogP contribution in [0.4, 0.5) is 5.82 Å². The molecule has 0 aliphatic heterocycles. The lowest BCUT2D eigenvalue weighted by molar-refractivity contribution is 1.32. The van der Waals surface area contributed by atoms with Crippen molar-refractivity contribution in [1.82, 2.24) is 4.98 Å². The summed E-state index contributed by atoms with van der Waals surface area (Å²) in [6.45, 7) is 5.96. The van der Waals surface area contributed by atoms with Crippen LogP contribution >= 0.6 is 27.5 Å². The molecule has 16 heavy (non-hydrogen) atoms. The Labute approximate surface area is 109 Å². The summed E-state index contributed by atoms with van der Waals surface area (Å²) in [5, 5.41) is 2.64. The predicted octanol–water partition coefficient (Wildman–Crippen LogP) is 4.57. The highest BCUT2D eigenvalue weighted by atomic mass is 79.9. The van der Waals surface area contributed by atoms with Gasteiger partial charge in [-0.05, 0) is 39.9 Å². The number of nitrogen functional groups attached to an aromatic ring is 1. The summed E-state index contributed by atoms with van der Waals surface area (Å²) < 4.78 is 0.696. The zero-order chi connectivity index (χ0) is 12.3. The molecule has 86 valence electrons. The van der Waals surface area contributed by atoms with Crippen LogP contribution < -0.4 is 5.73 Å². The van der Waals surface area contributed by atoms with Crippen molar-refractivity contribution in [2.45, 2.75) is 20.8 Å². The minimum atomic E-state index is 0.490. The predicted molar refractivity (Wildman–Crippen MR) is 75.0 cm³/mol. The molecule has 2 rings (SSSR count). The van der Waals surface area contributed by atoms with E-state index in [1.54, 1.807) is 0 Å². The molecular formula is C12H14BrClN2. The summed E-state index contributed by atoms with van der Waals surface area (Å²) in [6, 6.07) is 5.77. The van der Waals surface area contributed by atoms with Crippen LogP contribution in [0.1, 0.15) is 19.4 Å². The van der Waals surface area contributed by atoms with Gasteiger partial charge >= 0.3 is 0 Å². The maximum Gasteiger partial charge on any atom is 0.125 e. The minimum absolute atomic E-state index is 0.490. The van der Waals surface area contributed by atoms with Gasteiger partial charge in [-0.15, -0.1) is 0 Å². The number of hydrogen-bond donors (Lipinski definition) is 1. The zero-order valence-corrected chi connectivity index (χ0v) is 11.9. The van der Waals surface area contributed by atoms with Gasteiger partial charge in [0.15, 0.2) is 0 Å². The van der Waals surface area contributed by atoms with E-state index in [4.69, 9.17) is 17.3 Å². The van der Waals surface area contributed by atoms with Gasteiger partial charge < -0.3 is 5.73 Å². The quantitative estimate of drug-likeness (QED) is 0.724. The largest absolute Gasteiger partial charge is 0.384 e. The Morgan fingerprint density at radius 3 is 2.56 bits per heavy atom. The SMILES string of the molecule is CC.Cc1ccc2cc(N)nc(Br)c2c1Cl. The van der Waals surface area contributed by atoms with Crippen LogP contribution in [-0.2, 0) is 0 Å². The van der Waals surface area contributed by atoms with Crippen molar-refractivity contribution in [2.24, 2.45) is 0 Å². The van der Waals surface area contributed by atoms with E-state index < -0.39 is 0 Å². The van der Waals surface area contributed by atoms with Gasteiger partial charge in [0.05, 0.1) is 5.02 Å². The molecule has 1 aromatic heterocycles. The van der Waals surface area contributed by atoms with Crippen molar-refractivity contribution in [1.29, 1.82) is 0 Å². The maximum absolute atomic E-state index is 6.17. The lowest BCUT2D eigenvalue weighted by atomic mass is 10.1. The second-order valence-electron chi connectivity index (χ2n) is 3.13. The number of fused-ring (bicyclic) bond motifs is 1. The standard InChI is InChI=1S/C10H8BrClN2.C2H6/c1-5-2-3-6-4-7(13)14-10(11)8(6)9(5)12;1-2/h2-4H,1H3,(H2,13,14);1-2H3. The van der Waals surface area contributed by atoms with Crippen LogP contribution in [0.2, 0.25) is 5.02 Å². The molecule has 0 aliphatic carbocycles. The third-order valence-electron chi connectivity index (χ3n) is 2.10. The molecule has 4 heteroatoms. The van der Waals surface area contributed by atoms with E-state index in [2.05, 4.69) is 20.9 Å². The normalized spacial score (nSPS) is 9.81. The third kappa shape index (κ3) is 2.47. The smallest absolute Gasteiger partial charge is 0.125 e. The van der Waals surface area contributed by atoms with E-state index in [-0.39, 0.29) is 0 Å². The number of nitrogens with zero attached hydrogens (tertiary/aromatic N) is 1. The van der Waals surface area contributed by atoms with Crippen molar-refractivity contribution in [3.05, 3.63) is 33.4 Å². The Balaban J connectivity index is 0.000000606. The molecule has 0 bridgehead atoms. The van der Waals surface area contributed by atoms with Gasteiger partial charge in [0.2, 0.25) is 0 Å². The molecule has 0 spiro atoms. The number of aryl methyl sites for hydroxylation is 1. The van der Waals surface area contributed by atoms with E-state index in [9.17, 15) is 0 Å². The van der Waals surface area contributed by atoms with Gasteiger partial charge in [0.1, 0.15) is 10.4 Å². The van der Waals surface area contributed by atoms with Crippen LogP contribution in [0.25, 0.3) is 10.8 Å². The van der Waals surface area contributed by atoms with Gasteiger partial charge in [-0.25, -0.2) is 4.98 Å².